The molecule has 0 aliphatic carbocycles. The van der Waals surface area contributed by atoms with Crippen molar-refractivity contribution in [2.45, 2.75) is 32.1 Å². The standard InChI is InChI=1S/C23H27N3O6/c1-17(25-22(29)31-15-18-9-4-2-5-10-18)24-14-8-13-20(21(27)28)26-23(30)32-16-19-11-6-3-7-12-19/h2-7,9-12,20,24H,1,8,13-16H2,(H,25,29)(H,26,30)(H,27,28). The number of carboxylic acids is 1. The van der Waals surface area contributed by atoms with E-state index in [0.717, 1.165) is 11.1 Å². The smallest absolute Gasteiger partial charge is 0.413 e. The first-order chi connectivity index (χ1) is 15.4. The Bertz CT molecular complexity index is 889. The number of alkyl carbamates (subject to hydrolysis) is 2. The van der Waals surface area contributed by atoms with E-state index in [4.69, 9.17) is 9.47 Å². The van der Waals surface area contributed by atoms with Crippen molar-refractivity contribution < 1.29 is 29.0 Å². The fraction of sp³-hybridized carbons (Fsp3) is 0.261. The Morgan fingerprint density at radius 1 is 0.875 bits per heavy atom. The van der Waals surface area contributed by atoms with Gasteiger partial charge < -0.3 is 25.2 Å². The molecule has 32 heavy (non-hydrogen) atoms. The minimum Gasteiger partial charge on any atom is -0.480 e. The lowest BCUT2D eigenvalue weighted by Gasteiger charge is -2.16. The summed E-state index contributed by atoms with van der Waals surface area (Å²) in [5, 5.41) is 17.0. The number of rotatable bonds is 12. The van der Waals surface area contributed by atoms with Crippen LogP contribution >= 0.6 is 0 Å². The Kier molecular flexibility index (Phi) is 10.1. The van der Waals surface area contributed by atoms with Gasteiger partial charge in [0.1, 0.15) is 25.1 Å². The van der Waals surface area contributed by atoms with Crippen LogP contribution in [0.3, 0.4) is 0 Å². The molecule has 0 aliphatic rings. The minimum absolute atomic E-state index is 0.0480. The lowest BCUT2D eigenvalue weighted by molar-refractivity contribution is -0.139. The van der Waals surface area contributed by atoms with Crippen molar-refractivity contribution in [1.29, 1.82) is 0 Å². The van der Waals surface area contributed by atoms with E-state index in [1.54, 1.807) is 12.1 Å². The van der Waals surface area contributed by atoms with Crippen molar-refractivity contribution in [3.05, 3.63) is 84.2 Å². The average Bonchev–Trinajstić information content (AvgIpc) is 2.79. The number of amides is 2. The normalized spacial score (nSPS) is 11.0. The molecule has 4 N–H and O–H groups in total. The maximum absolute atomic E-state index is 11.9. The summed E-state index contributed by atoms with van der Waals surface area (Å²) in [5.74, 6) is -0.937. The molecule has 9 heteroatoms. The van der Waals surface area contributed by atoms with Gasteiger partial charge in [0.25, 0.3) is 0 Å². The van der Waals surface area contributed by atoms with Gasteiger partial charge in [-0.3, -0.25) is 5.32 Å². The molecule has 170 valence electrons. The van der Waals surface area contributed by atoms with Crippen LogP contribution in [0.2, 0.25) is 0 Å². The summed E-state index contributed by atoms with van der Waals surface area (Å²) in [5.41, 5.74) is 1.66. The summed E-state index contributed by atoms with van der Waals surface area (Å²) < 4.78 is 10.1. The van der Waals surface area contributed by atoms with Crippen LogP contribution in [-0.4, -0.2) is 35.8 Å². The molecule has 2 aromatic rings. The van der Waals surface area contributed by atoms with Crippen molar-refractivity contribution >= 4 is 18.2 Å². The highest BCUT2D eigenvalue weighted by molar-refractivity contribution is 5.79. The lowest BCUT2D eigenvalue weighted by atomic mass is 10.1. The molecule has 0 radical (unpaired) electrons. The van der Waals surface area contributed by atoms with E-state index >= 15 is 0 Å². The van der Waals surface area contributed by atoms with Crippen molar-refractivity contribution in [3.63, 3.8) is 0 Å². The molecule has 0 bridgehead atoms. The zero-order valence-corrected chi connectivity index (χ0v) is 17.6. The Labute approximate surface area is 186 Å². The Morgan fingerprint density at radius 3 is 1.94 bits per heavy atom. The van der Waals surface area contributed by atoms with Crippen LogP contribution in [0.4, 0.5) is 9.59 Å². The van der Waals surface area contributed by atoms with E-state index in [-0.39, 0.29) is 25.5 Å². The largest absolute Gasteiger partial charge is 0.480 e. The number of hydrogen-bond acceptors (Lipinski definition) is 6. The molecule has 2 amide bonds. The van der Waals surface area contributed by atoms with E-state index in [2.05, 4.69) is 22.5 Å². The van der Waals surface area contributed by atoms with Crippen LogP contribution < -0.4 is 16.0 Å². The molecule has 0 fully saturated rings. The number of carboxylic acid groups (broad SMARTS) is 1. The van der Waals surface area contributed by atoms with Gasteiger partial charge in [-0.15, -0.1) is 0 Å². The highest BCUT2D eigenvalue weighted by Gasteiger charge is 2.20. The molecule has 0 aliphatic heterocycles. The van der Waals surface area contributed by atoms with Gasteiger partial charge in [0.2, 0.25) is 0 Å². The molecule has 0 saturated carbocycles. The van der Waals surface area contributed by atoms with E-state index in [0.29, 0.717) is 13.0 Å². The molecule has 1 atom stereocenters. The van der Waals surface area contributed by atoms with Crippen LogP contribution in [0.5, 0.6) is 0 Å². The van der Waals surface area contributed by atoms with E-state index in [9.17, 15) is 19.5 Å². The second-order valence-corrected chi connectivity index (χ2v) is 6.83. The molecule has 2 rings (SSSR count). The second-order valence-electron chi connectivity index (χ2n) is 6.83. The first kappa shape index (κ1) is 24.3. The molecule has 1 unspecified atom stereocenters. The topological polar surface area (TPSA) is 126 Å². The number of benzene rings is 2. The number of carbonyl (C=O) groups excluding carboxylic acids is 2. The van der Waals surface area contributed by atoms with E-state index < -0.39 is 24.2 Å². The average molecular weight is 441 g/mol. The summed E-state index contributed by atoms with van der Waals surface area (Å²) in [6, 6.07) is 17.2. The van der Waals surface area contributed by atoms with Gasteiger partial charge in [0, 0.05) is 6.54 Å². The Hall–Kier alpha value is -4.01. The van der Waals surface area contributed by atoms with Crippen LogP contribution in [0, 0.1) is 0 Å². The van der Waals surface area contributed by atoms with Crippen molar-refractivity contribution in [2.24, 2.45) is 0 Å². The molecular formula is C23H27N3O6. The molecule has 0 saturated heterocycles. The third kappa shape index (κ3) is 9.66. The Balaban J connectivity index is 1.61. The summed E-state index contributed by atoms with van der Waals surface area (Å²) >= 11 is 0. The highest BCUT2D eigenvalue weighted by atomic mass is 16.6. The molecule has 0 spiro atoms. The van der Waals surface area contributed by atoms with Gasteiger partial charge in [-0.25, -0.2) is 14.4 Å². The van der Waals surface area contributed by atoms with Crippen LogP contribution in [0.25, 0.3) is 0 Å². The Morgan fingerprint density at radius 2 is 1.41 bits per heavy atom. The summed E-state index contributed by atoms with van der Waals surface area (Å²) in [6.45, 7) is 4.19. The molecular weight excluding hydrogens is 414 g/mol. The van der Waals surface area contributed by atoms with Gasteiger partial charge in [0.15, 0.2) is 0 Å². The van der Waals surface area contributed by atoms with Gasteiger partial charge in [-0.2, -0.15) is 0 Å². The summed E-state index contributed by atoms with van der Waals surface area (Å²) in [4.78, 5) is 35.0. The third-order valence-electron chi connectivity index (χ3n) is 4.28. The quantitative estimate of drug-likeness (QED) is 0.373. The van der Waals surface area contributed by atoms with Gasteiger partial charge >= 0.3 is 18.2 Å². The van der Waals surface area contributed by atoms with Crippen LogP contribution in [0.1, 0.15) is 24.0 Å². The highest BCUT2D eigenvalue weighted by Crippen LogP contribution is 2.03. The number of aliphatic carboxylic acids is 1. The van der Waals surface area contributed by atoms with E-state index in [1.165, 1.54) is 0 Å². The van der Waals surface area contributed by atoms with Crippen molar-refractivity contribution in [1.82, 2.24) is 16.0 Å². The zero-order chi connectivity index (χ0) is 23.2. The van der Waals surface area contributed by atoms with E-state index in [1.807, 2.05) is 48.5 Å². The maximum atomic E-state index is 11.9. The SMILES string of the molecule is C=C(NCCCC(NC(=O)OCc1ccccc1)C(=O)O)NC(=O)OCc1ccccc1. The summed E-state index contributed by atoms with van der Waals surface area (Å²) in [6.07, 6.45) is -0.899. The van der Waals surface area contributed by atoms with Crippen molar-refractivity contribution in [2.75, 3.05) is 6.54 Å². The fourth-order valence-electron chi connectivity index (χ4n) is 2.64. The monoisotopic (exact) mass is 441 g/mol. The number of carbonyl (C=O) groups is 3. The lowest BCUT2D eigenvalue weighted by Crippen LogP contribution is -2.41. The van der Waals surface area contributed by atoms with Crippen LogP contribution in [-0.2, 0) is 27.5 Å². The van der Waals surface area contributed by atoms with Crippen molar-refractivity contribution in [3.8, 4) is 0 Å². The fourth-order valence-corrected chi connectivity index (χ4v) is 2.64. The zero-order valence-electron chi connectivity index (χ0n) is 17.6. The maximum Gasteiger partial charge on any atom is 0.413 e. The molecule has 2 aromatic carbocycles. The summed E-state index contributed by atoms with van der Waals surface area (Å²) in [7, 11) is 0. The van der Waals surface area contributed by atoms with Gasteiger partial charge in [0.05, 0.1) is 0 Å². The minimum atomic E-state index is -1.16. The molecule has 9 nitrogen and oxygen atoms in total. The number of hydrogen-bond donors (Lipinski definition) is 4. The predicted octanol–water partition coefficient (Wildman–Crippen LogP) is 3.13. The third-order valence-corrected chi connectivity index (χ3v) is 4.28. The van der Waals surface area contributed by atoms with Gasteiger partial charge in [-0.05, 0) is 24.0 Å². The number of nitrogens with one attached hydrogen (secondary N) is 3. The van der Waals surface area contributed by atoms with Crippen LogP contribution in [0.15, 0.2) is 73.1 Å². The predicted molar refractivity (Wildman–Crippen MR) is 117 cm³/mol. The van der Waals surface area contributed by atoms with Gasteiger partial charge in [-0.1, -0.05) is 67.2 Å². The first-order valence-electron chi connectivity index (χ1n) is 10.0. The molecule has 0 aromatic heterocycles. The first-order valence-corrected chi connectivity index (χ1v) is 10.0. The number of ether oxygens (including phenoxy) is 2. The molecule has 0 heterocycles. The second kappa shape index (κ2) is 13.3.